The molecule has 1 aliphatic rings. The van der Waals surface area contributed by atoms with Crippen LogP contribution in [0.4, 0.5) is 28.0 Å². The first-order valence-electron chi connectivity index (χ1n) is 7.66. The van der Waals surface area contributed by atoms with Crippen molar-refractivity contribution < 1.29 is 31.8 Å². The lowest BCUT2D eigenvalue weighted by Crippen LogP contribution is -2.31. The molecule has 5 nitrogen and oxygen atoms in total. The molecule has 3 rings (SSSR count). The van der Waals surface area contributed by atoms with E-state index in [9.17, 15) is 22.4 Å². The van der Waals surface area contributed by atoms with Gasteiger partial charge in [-0.05, 0) is 36.2 Å². The molecular weight excluding hydrogens is 356 g/mol. The van der Waals surface area contributed by atoms with Gasteiger partial charge < -0.3 is 20.1 Å². The number of urea groups is 1. The number of halogens is 4. The number of fused-ring (bicyclic) bond motifs is 1. The van der Waals surface area contributed by atoms with Crippen LogP contribution < -0.4 is 15.4 Å². The van der Waals surface area contributed by atoms with E-state index in [-0.39, 0.29) is 26.4 Å². The molecule has 0 saturated carbocycles. The average Bonchev–Trinajstić information content (AvgIpc) is 2.62. The van der Waals surface area contributed by atoms with Crippen molar-refractivity contribution in [2.24, 2.45) is 0 Å². The van der Waals surface area contributed by atoms with Gasteiger partial charge in [-0.1, -0.05) is 0 Å². The van der Waals surface area contributed by atoms with Crippen molar-refractivity contribution in [2.45, 2.75) is 13.0 Å². The summed E-state index contributed by atoms with van der Waals surface area (Å²) in [4.78, 5) is 11.8. The molecule has 138 valence electrons. The predicted octanol–water partition coefficient (Wildman–Crippen LogP) is 3.47. The first-order valence-corrected chi connectivity index (χ1v) is 7.66. The summed E-state index contributed by atoms with van der Waals surface area (Å²) in [5, 5.41) is 4.51. The molecule has 0 spiro atoms. The highest BCUT2D eigenvalue weighted by atomic mass is 19.2. The minimum atomic E-state index is -1.67. The maximum Gasteiger partial charge on any atom is 0.319 e. The Kier molecular flexibility index (Phi) is 5.27. The van der Waals surface area contributed by atoms with Crippen LogP contribution >= 0.6 is 0 Å². The third-order valence-electron chi connectivity index (χ3n) is 3.71. The van der Waals surface area contributed by atoms with Crippen molar-refractivity contribution in [3.05, 3.63) is 58.7 Å². The van der Waals surface area contributed by atoms with Gasteiger partial charge in [-0.15, -0.1) is 0 Å². The van der Waals surface area contributed by atoms with Crippen molar-refractivity contribution in [1.82, 2.24) is 5.32 Å². The van der Waals surface area contributed by atoms with Crippen LogP contribution in [-0.4, -0.2) is 19.4 Å². The molecule has 0 radical (unpaired) electrons. The van der Waals surface area contributed by atoms with Crippen molar-refractivity contribution >= 4 is 11.7 Å². The lowest BCUT2D eigenvalue weighted by atomic mass is 10.1. The number of hydrogen-bond acceptors (Lipinski definition) is 3. The summed E-state index contributed by atoms with van der Waals surface area (Å²) in [5.74, 6) is -4.47. The summed E-state index contributed by atoms with van der Waals surface area (Å²) >= 11 is 0. The van der Waals surface area contributed by atoms with Crippen molar-refractivity contribution in [3.63, 3.8) is 0 Å². The fourth-order valence-corrected chi connectivity index (χ4v) is 2.54. The minimum Gasteiger partial charge on any atom is -0.467 e. The first kappa shape index (κ1) is 18.0. The summed E-state index contributed by atoms with van der Waals surface area (Å²) in [5.41, 5.74) is 0.618. The van der Waals surface area contributed by atoms with Gasteiger partial charge >= 0.3 is 6.03 Å². The second kappa shape index (κ2) is 7.61. The van der Waals surface area contributed by atoms with Gasteiger partial charge in [0.05, 0.1) is 12.3 Å². The monoisotopic (exact) mass is 370 g/mol. The summed E-state index contributed by atoms with van der Waals surface area (Å²) in [7, 11) is 0. The van der Waals surface area contributed by atoms with Gasteiger partial charge in [0.15, 0.2) is 24.2 Å². The summed E-state index contributed by atoms with van der Waals surface area (Å²) < 4.78 is 63.6. The quantitative estimate of drug-likeness (QED) is 0.640. The second-order valence-electron chi connectivity index (χ2n) is 5.52. The fourth-order valence-electron chi connectivity index (χ4n) is 2.54. The van der Waals surface area contributed by atoms with Crippen LogP contribution in [0.5, 0.6) is 5.75 Å². The molecule has 0 fully saturated rings. The van der Waals surface area contributed by atoms with Crippen LogP contribution in [0.3, 0.4) is 0 Å². The number of rotatable bonds is 4. The molecule has 2 aromatic carbocycles. The molecule has 0 saturated heterocycles. The SMILES string of the molecule is O=C(NCCc1cc(F)cc2c1OCOC2)Nc1ccc(F)c(F)c1F. The average molecular weight is 370 g/mol. The molecule has 1 heterocycles. The van der Waals surface area contributed by atoms with E-state index in [0.29, 0.717) is 22.9 Å². The number of carbonyl (C=O) groups is 1. The normalized spacial score (nSPS) is 12.9. The Morgan fingerprint density at radius 3 is 2.73 bits per heavy atom. The largest absolute Gasteiger partial charge is 0.467 e. The predicted molar refractivity (Wildman–Crippen MR) is 83.7 cm³/mol. The van der Waals surface area contributed by atoms with E-state index in [1.807, 2.05) is 0 Å². The van der Waals surface area contributed by atoms with Gasteiger partial charge in [-0.3, -0.25) is 0 Å². The molecule has 26 heavy (non-hydrogen) atoms. The summed E-state index contributed by atoms with van der Waals surface area (Å²) in [6.45, 7) is 0.357. The zero-order valence-electron chi connectivity index (χ0n) is 13.4. The van der Waals surface area contributed by atoms with E-state index in [4.69, 9.17) is 9.47 Å². The molecular formula is C17H14F4N2O3. The molecule has 0 aromatic heterocycles. The van der Waals surface area contributed by atoms with Crippen LogP contribution in [-0.2, 0) is 17.8 Å². The molecule has 0 aliphatic carbocycles. The smallest absolute Gasteiger partial charge is 0.319 e. The zero-order chi connectivity index (χ0) is 18.7. The van der Waals surface area contributed by atoms with E-state index in [2.05, 4.69) is 10.6 Å². The highest BCUT2D eigenvalue weighted by Gasteiger charge is 2.18. The molecule has 2 N–H and O–H groups in total. The fraction of sp³-hybridized carbons (Fsp3) is 0.235. The lowest BCUT2D eigenvalue weighted by Gasteiger charge is -2.21. The number of nitrogens with one attached hydrogen (secondary N) is 2. The molecule has 0 unspecified atom stereocenters. The summed E-state index contributed by atoms with van der Waals surface area (Å²) in [6.07, 6.45) is 0.244. The van der Waals surface area contributed by atoms with E-state index in [1.54, 1.807) is 0 Å². The highest BCUT2D eigenvalue weighted by molar-refractivity contribution is 5.89. The third kappa shape index (κ3) is 3.88. The third-order valence-corrected chi connectivity index (χ3v) is 3.71. The standard InChI is InChI=1S/C17H14F4N2O3/c18-11-5-9(16-10(6-11)7-25-8-26-16)3-4-22-17(24)23-13-2-1-12(19)14(20)15(13)21/h1-2,5-6H,3-4,7-8H2,(H2,22,23,24). The molecule has 9 heteroatoms. The van der Waals surface area contributed by atoms with Gasteiger partial charge in [-0.25, -0.2) is 22.4 Å². The Morgan fingerprint density at radius 1 is 1.12 bits per heavy atom. The maximum absolute atomic E-state index is 13.6. The first-order chi connectivity index (χ1) is 12.5. The van der Waals surface area contributed by atoms with Crippen LogP contribution in [0, 0.1) is 23.3 Å². The van der Waals surface area contributed by atoms with Crippen LogP contribution in [0.25, 0.3) is 0 Å². The van der Waals surface area contributed by atoms with Gasteiger partial charge in [0, 0.05) is 12.1 Å². The van der Waals surface area contributed by atoms with Crippen molar-refractivity contribution in [2.75, 3.05) is 18.7 Å². The molecule has 0 bridgehead atoms. The van der Waals surface area contributed by atoms with Gasteiger partial charge in [-0.2, -0.15) is 0 Å². The maximum atomic E-state index is 13.6. The Morgan fingerprint density at radius 2 is 1.92 bits per heavy atom. The van der Waals surface area contributed by atoms with Gasteiger partial charge in [0.2, 0.25) is 0 Å². The topological polar surface area (TPSA) is 59.6 Å². The lowest BCUT2D eigenvalue weighted by molar-refractivity contribution is -0.0172. The molecule has 2 amide bonds. The minimum absolute atomic E-state index is 0.0506. The van der Waals surface area contributed by atoms with E-state index in [0.717, 1.165) is 6.07 Å². The number of ether oxygens (including phenoxy) is 2. The number of hydrogen-bond donors (Lipinski definition) is 2. The zero-order valence-corrected chi connectivity index (χ0v) is 13.4. The van der Waals surface area contributed by atoms with Crippen LogP contribution in [0.15, 0.2) is 24.3 Å². The Hall–Kier alpha value is -2.81. The molecule has 0 atom stereocenters. The number of benzene rings is 2. The Bertz CT molecular complexity index is 845. The van der Waals surface area contributed by atoms with Gasteiger partial charge in [0.1, 0.15) is 11.6 Å². The number of carbonyl (C=O) groups excluding carboxylic acids is 1. The number of anilines is 1. The van der Waals surface area contributed by atoms with E-state index in [1.165, 1.54) is 12.1 Å². The van der Waals surface area contributed by atoms with Crippen LogP contribution in [0.1, 0.15) is 11.1 Å². The second-order valence-corrected chi connectivity index (χ2v) is 5.52. The van der Waals surface area contributed by atoms with Gasteiger partial charge in [0.25, 0.3) is 0 Å². The molecule has 2 aromatic rings. The summed E-state index contributed by atoms with van der Waals surface area (Å²) in [6, 6.07) is 3.39. The highest BCUT2D eigenvalue weighted by Crippen LogP contribution is 2.29. The van der Waals surface area contributed by atoms with Crippen LogP contribution in [0.2, 0.25) is 0 Å². The van der Waals surface area contributed by atoms with Crippen molar-refractivity contribution in [1.29, 1.82) is 0 Å². The van der Waals surface area contributed by atoms with Crippen molar-refractivity contribution in [3.8, 4) is 5.75 Å². The van der Waals surface area contributed by atoms with E-state index < -0.39 is 35.0 Å². The van der Waals surface area contributed by atoms with E-state index >= 15 is 0 Å². The number of amides is 2. The molecule has 1 aliphatic heterocycles. The Labute approximate surface area is 145 Å². The Balaban J connectivity index is 1.60.